The maximum absolute atomic E-state index is 12.7. The molecule has 0 radical (unpaired) electrons. The van der Waals surface area contributed by atoms with Crippen molar-refractivity contribution in [3.63, 3.8) is 0 Å². The van der Waals surface area contributed by atoms with Crippen LogP contribution in [0.1, 0.15) is 27.6 Å². The molecule has 2 rings (SSSR count). The van der Waals surface area contributed by atoms with E-state index >= 15 is 0 Å². The van der Waals surface area contributed by atoms with Gasteiger partial charge >= 0.3 is 16.2 Å². The zero-order valence-electron chi connectivity index (χ0n) is 13.0. The Hall–Kier alpha value is -2.13. The number of carbonyl (C=O) groups is 1. The molecule has 0 aliphatic rings. The number of hydrogen-bond donors (Lipinski definition) is 1. The number of rotatable bonds is 5. The Labute approximate surface area is 140 Å². The van der Waals surface area contributed by atoms with Gasteiger partial charge in [-0.25, -0.2) is 4.79 Å². The average Bonchev–Trinajstić information content (AvgIpc) is 2.52. The molecule has 138 valence electrons. The van der Waals surface area contributed by atoms with Crippen LogP contribution in [0.25, 0.3) is 0 Å². The standard InChI is InChI=1S/C16H15F5O3S/c1-24-16(23)13-4-2-3-12(10-13)15(22)9-11-5-7-14(8-6-11)25(17,18,19,20)21/h2-8,10,15,22H,9H2,1H3/t15-/m0/s1. The molecule has 1 N–H and O–H groups in total. The van der Waals surface area contributed by atoms with Crippen molar-refractivity contribution in [3.8, 4) is 0 Å². The van der Waals surface area contributed by atoms with E-state index in [4.69, 9.17) is 0 Å². The summed E-state index contributed by atoms with van der Waals surface area (Å²) in [6, 6.07) is 8.29. The number of methoxy groups -OCH3 is 1. The summed E-state index contributed by atoms with van der Waals surface area (Å²) in [5, 5.41) is 10.2. The fourth-order valence-electron chi connectivity index (χ4n) is 2.21. The molecule has 1 atom stereocenters. The van der Waals surface area contributed by atoms with Gasteiger partial charge in [0.25, 0.3) is 0 Å². The molecule has 2 aromatic rings. The van der Waals surface area contributed by atoms with Crippen LogP contribution >= 0.6 is 10.2 Å². The first-order valence-electron chi connectivity index (χ1n) is 6.99. The van der Waals surface area contributed by atoms with Crippen LogP contribution in [-0.4, -0.2) is 18.2 Å². The fraction of sp³-hybridized carbons (Fsp3) is 0.188. The number of aliphatic hydroxyl groups is 1. The molecule has 0 amide bonds. The lowest BCUT2D eigenvalue weighted by Crippen LogP contribution is -2.07. The Morgan fingerprint density at radius 2 is 1.68 bits per heavy atom. The summed E-state index contributed by atoms with van der Waals surface area (Å²) in [6.45, 7) is 0. The summed E-state index contributed by atoms with van der Waals surface area (Å²) < 4.78 is 67.9. The van der Waals surface area contributed by atoms with Crippen molar-refractivity contribution in [1.29, 1.82) is 0 Å². The van der Waals surface area contributed by atoms with Gasteiger partial charge in [0.2, 0.25) is 0 Å². The topological polar surface area (TPSA) is 46.5 Å². The SMILES string of the molecule is COC(=O)c1cccc([C@@H](O)Cc2ccc(S(F)(F)(F)(F)F)cc2)c1. The number of benzene rings is 2. The minimum Gasteiger partial charge on any atom is -0.465 e. The van der Waals surface area contributed by atoms with Crippen LogP contribution in [0.15, 0.2) is 53.4 Å². The van der Waals surface area contributed by atoms with Gasteiger partial charge < -0.3 is 9.84 Å². The van der Waals surface area contributed by atoms with E-state index in [-0.39, 0.29) is 17.5 Å². The maximum atomic E-state index is 12.7. The van der Waals surface area contributed by atoms with Crippen molar-refractivity contribution in [1.82, 2.24) is 0 Å². The zero-order valence-corrected chi connectivity index (χ0v) is 13.8. The Kier molecular flexibility index (Phi) is 4.38. The molecular weight excluding hydrogens is 367 g/mol. The van der Waals surface area contributed by atoms with Gasteiger partial charge in [-0.15, -0.1) is 0 Å². The Bertz CT molecular complexity index is 788. The first-order valence-corrected chi connectivity index (χ1v) is 8.94. The molecule has 0 aromatic heterocycles. The predicted molar refractivity (Wildman–Crippen MR) is 84.3 cm³/mol. The Morgan fingerprint density at radius 1 is 1.08 bits per heavy atom. The normalized spacial score (nSPS) is 15.8. The molecule has 0 aliphatic heterocycles. The molecule has 0 aliphatic carbocycles. The quantitative estimate of drug-likeness (QED) is 0.556. The van der Waals surface area contributed by atoms with E-state index in [9.17, 15) is 29.3 Å². The molecule has 0 fully saturated rings. The monoisotopic (exact) mass is 382 g/mol. The molecular formula is C16H15F5O3S. The van der Waals surface area contributed by atoms with Gasteiger partial charge in [0.05, 0.1) is 18.8 Å². The molecule has 9 heteroatoms. The second-order valence-electron chi connectivity index (χ2n) is 5.45. The van der Waals surface area contributed by atoms with Gasteiger partial charge in [-0.2, -0.15) is 0 Å². The van der Waals surface area contributed by atoms with Crippen LogP contribution < -0.4 is 0 Å². The van der Waals surface area contributed by atoms with Crippen molar-refractivity contribution in [3.05, 3.63) is 65.2 Å². The Morgan fingerprint density at radius 3 is 2.20 bits per heavy atom. The molecule has 3 nitrogen and oxygen atoms in total. The van der Waals surface area contributed by atoms with Gasteiger partial charge in [0.1, 0.15) is 4.90 Å². The molecule has 0 heterocycles. The number of esters is 1. The largest absolute Gasteiger partial charge is 0.465 e. The highest BCUT2D eigenvalue weighted by atomic mass is 32.5. The van der Waals surface area contributed by atoms with Gasteiger partial charge in [-0.05, 0) is 35.4 Å². The smallest absolute Gasteiger partial charge is 0.337 e. The van der Waals surface area contributed by atoms with E-state index < -0.39 is 27.2 Å². The molecule has 0 unspecified atom stereocenters. The highest BCUT2D eigenvalue weighted by Gasteiger charge is 2.65. The van der Waals surface area contributed by atoms with Crippen LogP contribution in [0.2, 0.25) is 0 Å². The minimum absolute atomic E-state index is 0.106. The van der Waals surface area contributed by atoms with Crippen LogP contribution in [0.5, 0.6) is 0 Å². The summed E-state index contributed by atoms with van der Waals surface area (Å²) in [5.41, 5.74) is 0.788. The first-order chi connectivity index (χ1) is 11.3. The number of ether oxygens (including phenoxy) is 1. The summed E-state index contributed by atoms with van der Waals surface area (Å²) >= 11 is 0. The molecule has 2 aromatic carbocycles. The second-order valence-corrected chi connectivity index (χ2v) is 7.86. The van der Waals surface area contributed by atoms with Crippen molar-refractivity contribution < 1.29 is 34.1 Å². The van der Waals surface area contributed by atoms with Gasteiger partial charge in [0.15, 0.2) is 0 Å². The summed E-state index contributed by atoms with van der Waals surface area (Å²) in [4.78, 5) is 9.48. The van der Waals surface area contributed by atoms with Crippen molar-refractivity contribution in [2.24, 2.45) is 0 Å². The zero-order chi connectivity index (χ0) is 18.9. The van der Waals surface area contributed by atoms with Crippen LogP contribution in [0, 0.1) is 0 Å². The van der Waals surface area contributed by atoms with E-state index in [2.05, 4.69) is 4.74 Å². The van der Waals surface area contributed by atoms with Crippen LogP contribution in [0.3, 0.4) is 0 Å². The summed E-state index contributed by atoms with van der Waals surface area (Å²) in [6.07, 6.45) is -1.24. The van der Waals surface area contributed by atoms with Crippen molar-refractivity contribution >= 4 is 16.2 Å². The predicted octanol–water partition coefficient (Wildman–Crippen LogP) is 5.41. The fourth-order valence-corrected chi connectivity index (χ4v) is 2.87. The van der Waals surface area contributed by atoms with E-state index in [0.717, 1.165) is 12.1 Å². The average molecular weight is 382 g/mol. The van der Waals surface area contributed by atoms with E-state index in [1.807, 2.05) is 0 Å². The third kappa shape index (κ3) is 4.93. The first kappa shape index (κ1) is 19.2. The Balaban J connectivity index is 2.19. The number of hydrogen-bond acceptors (Lipinski definition) is 3. The van der Waals surface area contributed by atoms with Gasteiger partial charge in [-0.1, -0.05) is 43.7 Å². The number of halogens is 5. The molecule has 0 saturated carbocycles. The number of carbonyl (C=O) groups excluding carboxylic acids is 1. The second kappa shape index (κ2) is 5.70. The highest BCUT2D eigenvalue weighted by Crippen LogP contribution is 3.02. The van der Waals surface area contributed by atoms with Gasteiger partial charge in [-0.3, -0.25) is 0 Å². The third-order valence-electron chi connectivity index (χ3n) is 3.49. The summed E-state index contributed by atoms with van der Waals surface area (Å²) in [7, 11) is -8.50. The third-order valence-corrected chi connectivity index (χ3v) is 4.65. The lowest BCUT2D eigenvalue weighted by Gasteiger charge is -2.40. The molecule has 0 bridgehead atoms. The van der Waals surface area contributed by atoms with Crippen molar-refractivity contribution in [2.75, 3.05) is 7.11 Å². The van der Waals surface area contributed by atoms with E-state index in [1.54, 1.807) is 0 Å². The van der Waals surface area contributed by atoms with Crippen LogP contribution in [-0.2, 0) is 11.2 Å². The number of aliphatic hydroxyl groups excluding tert-OH is 1. The molecule has 0 spiro atoms. The lowest BCUT2D eigenvalue weighted by molar-refractivity contribution is 0.0600. The minimum atomic E-state index is -9.71. The highest BCUT2D eigenvalue weighted by molar-refractivity contribution is 8.45. The van der Waals surface area contributed by atoms with Crippen molar-refractivity contribution in [2.45, 2.75) is 17.4 Å². The maximum Gasteiger partial charge on any atom is 0.337 e. The summed E-state index contributed by atoms with van der Waals surface area (Å²) in [5.74, 6) is -0.603. The van der Waals surface area contributed by atoms with E-state index in [1.165, 1.54) is 31.4 Å². The lowest BCUT2D eigenvalue weighted by atomic mass is 10.00. The van der Waals surface area contributed by atoms with E-state index in [0.29, 0.717) is 17.7 Å². The van der Waals surface area contributed by atoms with Gasteiger partial charge in [0, 0.05) is 6.42 Å². The molecule has 0 saturated heterocycles. The molecule has 25 heavy (non-hydrogen) atoms. The van der Waals surface area contributed by atoms with Crippen LogP contribution in [0.4, 0.5) is 19.4 Å².